The lowest BCUT2D eigenvalue weighted by atomic mass is 9.91. The van der Waals surface area contributed by atoms with E-state index in [0.29, 0.717) is 0 Å². The fraction of sp³-hybridized carbons (Fsp3) is 0.182. The number of rotatable bonds is 3. The number of aryl methyl sites for hydroxylation is 1. The molecule has 0 spiro atoms. The number of benzene rings is 1. The van der Waals surface area contributed by atoms with Crippen LogP contribution in [0, 0.1) is 6.92 Å². The van der Waals surface area contributed by atoms with Crippen LogP contribution in [0.4, 0.5) is 0 Å². The largest absolute Gasteiger partial charge is 0.287 e. The Morgan fingerprint density at radius 1 is 1.07 bits per heavy atom. The van der Waals surface area contributed by atoms with Gasteiger partial charge >= 0.3 is 0 Å². The number of nitrogens with zero attached hydrogens (tertiary/aromatic N) is 5. The molecule has 1 aliphatic rings. The Kier molecular flexibility index (Phi) is 3.23. The Bertz CT molecular complexity index is 1350. The lowest BCUT2D eigenvalue weighted by Gasteiger charge is -2.16. The first-order valence-electron chi connectivity index (χ1n) is 9.34. The van der Waals surface area contributed by atoms with Gasteiger partial charge in [-0.1, -0.05) is 12.1 Å². The number of aromatic nitrogens is 5. The number of pyridine rings is 1. The van der Waals surface area contributed by atoms with E-state index in [1.165, 1.54) is 16.6 Å². The molecule has 0 radical (unpaired) electrons. The second-order valence-electron chi connectivity index (χ2n) is 7.40. The van der Waals surface area contributed by atoms with Crippen molar-refractivity contribution in [1.82, 2.24) is 24.3 Å². The third-order valence-electron chi connectivity index (χ3n) is 5.68. The summed E-state index contributed by atoms with van der Waals surface area (Å²) in [7, 11) is 0. The van der Waals surface area contributed by atoms with E-state index in [9.17, 15) is 0 Å². The van der Waals surface area contributed by atoms with Crippen LogP contribution in [0.2, 0.25) is 0 Å². The van der Waals surface area contributed by atoms with Crippen molar-refractivity contribution in [2.24, 2.45) is 0 Å². The van der Waals surface area contributed by atoms with Gasteiger partial charge in [-0.25, -0.2) is 15.0 Å². The van der Waals surface area contributed by atoms with Crippen molar-refractivity contribution < 1.29 is 0 Å². The van der Waals surface area contributed by atoms with Gasteiger partial charge in [0.15, 0.2) is 0 Å². The monoisotopic (exact) mass is 383 g/mol. The van der Waals surface area contributed by atoms with Gasteiger partial charge in [-0.15, -0.1) is 11.3 Å². The van der Waals surface area contributed by atoms with Gasteiger partial charge in [0.25, 0.3) is 0 Å². The number of imidazole rings is 1. The molecule has 5 nitrogen and oxygen atoms in total. The zero-order chi connectivity index (χ0) is 18.7. The fourth-order valence-electron chi connectivity index (χ4n) is 4.05. The Hall–Kier alpha value is -3.12. The number of fused-ring (bicyclic) bond motifs is 2. The van der Waals surface area contributed by atoms with E-state index in [-0.39, 0.29) is 5.41 Å². The zero-order valence-corrected chi connectivity index (χ0v) is 16.1. The third kappa shape index (κ3) is 2.31. The van der Waals surface area contributed by atoms with Crippen LogP contribution in [0.1, 0.15) is 29.1 Å². The van der Waals surface area contributed by atoms with Crippen molar-refractivity contribution in [2.75, 3.05) is 0 Å². The average Bonchev–Trinajstić information content (AvgIpc) is 3.23. The molecule has 28 heavy (non-hydrogen) atoms. The molecule has 0 atom stereocenters. The summed E-state index contributed by atoms with van der Waals surface area (Å²) < 4.78 is 2.14. The first-order valence-corrected chi connectivity index (χ1v) is 10.2. The molecule has 136 valence electrons. The lowest BCUT2D eigenvalue weighted by Crippen LogP contribution is -2.12. The summed E-state index contributed by atoms with van der Waals surface area (Å²) in [4.78, 5) is 18.2. The molecular formula is C22H17N5S. The molecule has 4 aromatic heterocycles. The molecule has 6 rings (SSSR count). The van der Waals surface area contributed by atoms with Crippen LogP contribution >= 0.6 is 11.3 Å². The SMILES string of the molecule is Cc1nc(-c2cnc3ncc(C4(c5ccc6ncccc6c5)CC4)n3c2)cs1. The highest BCUT2D eigenvalue weighted by molar-refractivity contribution is 7.09. The lowest BCUT2D eigenvalue weighted by molar-refractivity contribution is 0.788. The van der Waals surface area contributed by atoms with Crippen molar-refractivity contribution in [3.05, 3.63) is 76.8 Å². The minimum Gasteiger partial charge on any atom is -0.287 e. The van der Waals surface area contributed by atoms with Gasteiger partial charge in [0.05, 0.1) is 28.1 Å². The molecule has 5 aromatic rings. The van der Waals surface area contributed by atoms with Gasteiger partial charge in [-0.05, 0) is 43.5 Å². The van der Waals surface area contributed by atoms with E-state index in [0.717, 1.165) is 40.4 Å². The molecule has 0 amide bonds. The van der Waals surface area contributed by atoms with Crippen LogP contribution in [0.25, 0.3) is 27.9 Å². The van der Waals surface area contributed by atoms with E-state index < -0.39 is 0 Å². The summed E-state index contributed by atoms with van der Waals surface area (Å²) in [6.07, 6.45) is 10.1. The predicted octanol–water partition coefficient (Wildman–Crippen LogP) is 4.79. The van der Waals surface area contributed by atoms with Crippen LogP contribution in [0.15, 0.2) is 60.5 Å². The van der Waals surface area contributed by atoms with Crippen LogP contribution < -0.4 is 0 Å². The van der Waals surface area contributed by atoms with Gasteiger partial charge in [0.2, 0.25) is 5.78 Å². The first kappa shape index (κ1) is 15.9. The van der Waals surface area contributed by atoms with E-state index in [4.69, 9.17) is 0 Å². The molecule has 6 heteroatoms. The molecular weight excluding hydrogens is 366 g/mol. The van der Waals surface area contributed by atoms with Gasteiger partial charge < -0.3 is 0 Å². The Morgan fingerprint density at radius 3 is 2.79 bits per heavy atom. The fourth-order valence-corrected chi connectivity index (χ4v) is 4.67. The second-order valence-corrected chi connectivity index (χ2v) is 8.46. The van der Waals surface area contributed by atoms with Crippen LogP contribution in [0.3, 0.4) is 0 Å². The van der Waals surface area contributed by atoms with E-state index >= 15 is 0 Å². The van der Waals surface area contributed by atoms with Crippen molar-refractivity contribution >= 4 is 28.0 Å². The van der Waals surface area contributed by atoms with Crippen LogP contribution in [0.5, 0.6) is 0 Å². The van der Waals surface area contributed by atoms with Crippen molar-refractivity contribution in [3.8, 4) is 11.3 Å². The van der Waals surface area contributed by atoms with Gasteiger partial charge in [-0.3, -0.25) is 9.38 Å². The molecule has 1 aromatic carbocycles. The number of hydrogen-bond donors (Lipinski definition) is 0. The number of hydrogen-bond acceptors (Lipinski definition) is 5. The van der Waals surface area contributed by atoms with Crippen LogP contribution in [-0.2, 0) is 5.41 Å². The summed E-state index contributed by atoms with van der Waals surface area (Å²) in [6.45, 7) is 2.02. The predicted molar refractivity (Wildman–Crippen MR) is 111 cm³/mol. The van der Waals surface area contributed by atoms with Crippen LogP contribution in [-0.4, -0.2) is 24.3 Å². The molecule has 1 aliphatic carbocycles. The Balaban J connectivity index is 1.51. The quantitative estimate of drug-likeness (QED) is 0.449. The maximum atomic E-state index is 4.61. The average molecular weight is 383 g/mol. The summed E-state index contributed by atoms with van der Waals surface area (Å²) in [5, 5.41) is 4.32. The number of thiazole rings is 1. The van der Waals surface area contributed by atoms with Gasteiger partial charge in [0, 0.05) is 40.3 Å². The Morgan fingerprint density at radius 2 is 1.96 bits per heavy atom. The van der Waals surface area contributed by atoms with Crippen molar-refractivity contribution in [1.29, 1.82) is 0 Å². The normalized spacial score (nSPS) is 15.3. The summed E-state index contributed by atoms with van der Waals surface area (Å²) in [5.41, 5.74) is 5.55. The highest BCUT2D eigenvalue weighted by Gasteiger charge is 2.48. The minimum atomic E-state index is 0.00173. The smallest absolute Gasteiger partial charge is 0.233 e. The molecule has 0 bridgehead atoms. The maximum absolute atomic E-state index is 4.61. The minimum absolute atomic E-state index is 0.00173. The first-order chi connectivity index (χ1) is 13.7. The third-order valence-corrected chi connectivity index (χ3v) is 6.45. The summed E-state index contributed by atoms with van der Waals surface area (Å²) in [6, 6.07) is 10.7. The summed E-state index contributed by atoms with van der Waals surface area (Å²) in [5.74, 6) is 0.736. The van der Waals surface area contributed by atoms with E-state index in [2.05, 4.69) is 60.2 Å². The highest BCUT2D eigenvalue weighted by Crippen LogP contribution is 2.53. The van der Waals surface area contributed by atoms with E-state index in [1.54, 1.807) is 11.3 Å². The molecule has 1 saturated carbocycles. The Labute approximate surface area is 165 Å². The highest BCUT2D eigenvalue weighted by atomic mass is 32.1. The van der Waals surface area contributed by atoms with Crippen molar-refractivity contribution in [2.45, 2.75) is 25.2 Å². The zero-order valence-electron chi connectivity index (χ0n) is 15.3. The topological polar surface area (TPSA) is 56.0 Å². The van der Waals surface area contributed by atoms with Gasteiger partial charge in [0.1, 0.15) is 0 Å². The summed E-state index contributed by atoms with van der Waals surface area (Å²) >= 11 is 1.66. The second kappa shape index (κ2) is 5.69. The maximum Gasteiger partial charge on any atom is 0.233 e. The van der Waals surface area contributed by atoms with Gasteiger partial charge in [-0.2, -0.15) is 0 Å². The molecule has 0 N–H and O–H groups in total. The van der Waals surface area contributed by atoms with Crippen molar-refractivity contribution in [3.63, 3.8) is 0 Å². The molecule has 0 saturated heterocycles. The molecule has 0 unspecified atom stereocenters. The molecule has 4 heterocycles. The molecule has 0 aliphatic heterocycles. The van der Waals surface area contributed by atoms with E-state index in [1.807, 2.05) is 31.6 Å². The molecule has 1 fully saturated rings. The standard InChI is InChI=1S/C22H17N5S/c1-14-26-19(13-28-14)16-10-24-21-25-11-20(27(21)12-16)22(6-7-22)17-4-5-18-15(9-17)3-2-8-23-18/h2-5,8-13H,6-7H2,1H3.